The van der Waals surface area contributed by atoms with Gasteiger partial charge in [-0.1, -0.05) is 71.6 Å². The second-order valence-electron chi connectivity index (χ2n) is 6.25. The summed E-state index contributed by atoms with van der Waals surface area (Å²) in [5.74, 6) is 0. The zero-order valence-electron chi connectivity index (χ0n) is 13.9. The van der Waals surface area contributed by atoms with Gasteiger partial charge in [-0.15, -0.1) is 11.8 Å². The molecule has 1 aliphatic rings. The van der Waals surface area contributed by atoms with Crippen molar-refractivity contribution in [1.29, 1.82) is 0 Å². The first-order valence-corrected chi connectivity index (χ1v) is 10.1. The SMILES string of the molecule is CCCCCCCCCCCC1OCCC(CCC)S1. The lowest BCUT2D eigenvalue weighted by Crippen LogP contribution is -2.23. The molecule has 2 atom stereocenters. The molecular weight excluding hydrogens is 264 g/mol. The fourth-order valence-corrected chi connectivity index (χ4v) is 4.47. The van der Waals surface area contributed by atoms with E-state index in [1.165, 1.54) is 83.5 Å². The third-order valence-corrected chi connectivity index (χ3v) is 5.77. The lowest BCUT2D eigenvalue weighted by molar-refractivity contribution is 0.0917. The van der Waals surface area contributed by atoms with Gasteiger partial charge in [0.05, 0.1) is 0 Å². The van der Waals surface area contributed by atoms with E-state index in [1.54, 1.807) is 0 Å². The summed E-state index contributed by atoms with van der Waals surface area (Å²) in [6, 6.07) is 0. The van der Waals surface area contributed by atoms with Crippen LogP contribution < -0.4 is 0 Å². The first-order chi connectivity index (χ1) is 9.86. The minimum absolute atomic E-state index is 0.504. The van der Waals surface area contributed by atoms with Gasteiger partial charge in [0.25, 0.3) is 0 Å². The molecule has 0 N–H and O–H groups in total. The van der Waals surface area contributed by atoms with Crippen LogP contribution in [0.2, 0.25) is 0 Å². The zero-order valence-corrected chi connectivity index (χ0v) is 14.7. The summed E-state index contributed by atoms with van der Waals surface area (Å²) in [5, 5.41) is 0.873. The molecule has 0 radical (unpaired) electrons. The van der Waals surface area contributed by atoms with Crippen molar-refractivity contribution in [2.45, 2.75) is 108 Å². The van der Waals surface area contributed by atoms with Gasteiger partial charge in [-0.2, -0.15) is 0 Å². The lowest BCUT2D eigenvalue weighted by Gasteiger charge is -2.29. The second kappa shape index (κ2) is 13.0. The number of thioether (sulfide) groups is 1. The minimum Gasteiger partial charge on any atom is -0.368 e. The highest BCUT2D eigenvalue weighted by atomic mass is 32.2. The summed E-state index contributed by atoms with van der Waals surface area (Å²) in [6.45, 7) is 5.59. The van der Waals surface area contributed by atoms with Crippen molar-refractivity contribution in [2.75, 3.05) is 6.61 Å². The maximum absolute atomic E-state index is 5.89. The van der Waals surface area contributed by atoms with Gasteiger partial charge < -0.3 is 4.74 Å². The van der Waals surface area contributed by atoms with E-state index in [0.717, 1.165) is 11.9 Å². The molecule has 0 saturated carbocycles. The topological polar surface area (TPSA) is 9.23 Å². The van der Waals surface area contributed by atoms with Crippen molar-refractivity contribution in [2.24, 2.45) is 0 Å². The normalized spacial score (nSPS) is 23.1. The fourth-order valence-electron chi connectivity index (χ4n) is 2.96. The van der Waals surface area contributed by atoms with Crippen LogP contribution in [0, 0.1) is 0 Å². The van der Waals surface area contributed by atoms with Crippen LogP contribution in [0.25, 0.3) is 0 Å². The predicted molar refractivity (Wildman–Crippen MR) is 92.5 cm³/mol. The molecule has 1 aliphatic heterocycles. The Bertz CT molecular complexity index is 206. The van der Waals surface area contributed by atoms with Crippen molar-refractivity contribution in [1.82, 2.24) is 0 Å². The van der Waals surface area contributed by atoms with Crippen LogP contribution in [0.4, 0.5) is 0 Å². The van der Waals surface area contributed by atoms with E-state index in [4.69, 9.17) is 4.74 Å². The standard InChI is InChI=1S/C18H36OS/c1-3-5-6-7-8-9-10-11-12-14-18-19-16-15-17(20-18)13-4-2/h17-18H,3-16H2,1-2H3. The Morgan fingerprint density at radius 1 is 0.800 bits per heavy atom. The van der Waals surface area contributed by atoms with E-state index in [1.807, 2.05) is 0 Å². The Kier molecular flexibility index (Phi) is 11.9. The Hall–Kier alpha value is 0.310. The highest BCUT2D eigenvalue weighted by Gasteiger charge is 2.21. The van der Waals surface area contributed by atoms with Crippen LogP contribution in [-0.2, 0) is 4.74 Å². The molecule has 1 saturated heterocycles. The van der Waals surface area contributed by atoms with Crippen LogP contribution >= 0.6 is 11.8 Å². The molecule has 0 aromatic carbocycles. The van der Waals surface area contributed by atoms with E-state index in [-0.39, 0.29) is 0 Å². The molecule has 0 spiro atoms. The van der Waals surface area contributed by atoms with Gasteiger partial charge in [0.1, 0.15) is 5.44 Å². The molecule has 0 amide bonds. The molecule has 1 heterocycles. The monoisotopic (exact) mass is 300 g/mol. The second-order valence-corrected chi connectivity index (χ2v) is 7.72. The molecule has 0 bridgehead atoms. The molecular formula is C18H36OS. The van der Waals surface area contributed by atoms with Gasteiger partial charge in [0.2, 0.25) is 0 Å². The number of rotatable bonds is 12. The van der Waals surface area contributed by atoms with Crippen LogP contribution in [0.5, 0.6) is 0 Å². The van der Waals surface area contributed by atoms with Gasteiger partial charge in [0.15, 0.2) is 0 Å². The Morgan fingerprint density at radius 3 is 2.10 bits per heavy atom. The summed E-state index contributed by atoms with van der Waals surface area (Å²) in [5.41, 5.74) is 0.504. The minimum atomic E-state index is 0.504. The van der Waals surface area contributed by atoms with Gasteiger partial charge in [-0.3, -0.25) is 0 Å². The van der Waals surface area contributed by atoms with E-state index >= 15 is 0 Å². The summed E-state index contributed by atoms with van der Waals surface area (Å²) in [6.07, 6.45) is 18.0. The number of ether oxygens (including phenoxy) is 1. The first-order valence-electron chi connectivity index (χ1n) is 9.13. The van der Waals surface area contributed by atoms with Crippen LogP contribution in [0.1, 0.15) is 97.3 Å². The number of hydrogen-bond donors (Lipinski definition) is 0. The van der Waals surface area contributed by atoms with Crippen molar-refractivity contribution in [3.05, 3.63) is 0 Å². The van der Waals surface area contributed by atoms with E-state index < -0.39 is 0 Å². The van der Waals surface area contributed by atoms with E-state index in [2.05, 4.69) is 25.6 Å². The largest absolute Gasteiger partial charge is 0.368 e. The van der Waals surface area contributed by atoms with Gasteiger partial charge in [0, 0.05) is 11.9 Å². The first kappa shape index (κ1) is 18.4. The molecule has 1 fully saturated rings. The average Bonchev–Trinajstić information content (AvgIpc) is 2.46. The molecule has 120 valence electrons. The summed E-state index contributed by atoms with van der Waals surface area (Å²) >= 11 is 2.11. The van der Waals surface area contributed by atoms with Crippen molar-refractivity contribution < 1.29 is 4.74 Å². The van der Waals surface area contributed by atoms with Gasteiger partial charge >= 0.3 is 0 Å². The molecule has 0 aromatic rings. The maximum atomic E-state index is 5.89. The number of hydrogen-bond acceptors (Lipinski definition) is 2. The molecule has 20 heavy (non-hydrogen) atoms. The highest BCUT2D eigenvalue weighted by Crippen LogP contribution is 2.32. The maximum Gasteiger partial charge on any atom is 0.103 e. The quantitative estimate of drug-likeness (QED) is 0.378. The van der Waals surface area contributed by atoms with Crippen LogP contribution in [-0.4, -0.2) is 17.3 Å². The highest BCUT2D eigenvalue weighted by molar-refractivity contribution is 8.00. The van der Waals surface area contributed by atoms with Crippen molar-refractivity contribution in [3.63, 3.8) is 0 Å². The molecule has 1 rings (SSSR count). The predicted octanol–water partition coefficient (Wildman–Crippen LogP) is 6.56. The molecule has 0 aromatic heterocycles. The Labute approximate surface area is 131 Å². The van der Waals surface area contributed by atoms with E-state index in [0.29, 0.717) is 5.44 Å². The summed E-state index contributed by atoms with van der Waals surface area (Å²) < 4.78 is 5.89. The van der Waals surface area contributed by atoms with Crippen molar-refractivity contribution in [3.8, 4) is 0 Å². The fraction of sp³-hybridized carbons (Fsp3) is 1.00. The summed E-state index contributed by atoms with van der Waals surface area (Å²) in [7, 11) is 0. The Balaban J connectivity index is 1.88. The molecule has 2 unspecified atom stereocenters. The molecule has 2 heteroatoms. The third-order valence-electron chi connectivity index (χ3n) is 4.24. The molecule has 0 aliphatic carbocycles. The van der Waals surface area contributed by atoms with Crippen molar-refractivity contribution >= 4 is 11.8 Å². The lowest BCUT2D eigenvalue weighted by atomic mass is 10.1. The number of unbranched alkanes of at least 4 members (excludes halogenated alkanes) is 8. The van der Waals surface area contributed by atoms with Gasteiger partial charge in [-0.25, -0.2) is 0 Å². The average molecular weight is 301 g/mol. The van der Waals surface area contributed by atoms with E-state index in [9.17, 15) is 0 Å². The van der Waals surface area contributed by atoms with Crippen LogP contribution in [0.3, 0.4) is 0 Å². The van der Waals surface area contributed by atoms with Crippen LogP contribution in [0.15, 0.2) is 0 Å². The Morgan fingerprint density at radius 2 is 1.45 bits per heavy atom. The molecule has 1 nitrogen and oxygen atoms in total. The zero-order chi connectivity index (χ0) is 14.5. The third kappa shape index (κ3) is 9.28. The summed E-state index contributed by atoms with van der Waals surface area (Å²) in [4.78, 5) is 0. The van der Waals surface area contributed by atoms with Gasteiger partial charge in [-0.05, 0) is 25.7 Å². The smallest absolute Gasteiger partial charge is 0.103 e.